The first-order chi connectivity index (χ1) is 11.9. The predicted molar refractivity (Wildman–Crippen MR) is 111 cm³/mol. The molecule has 1 aliphatic heterocycles. The van der Waals surface area contributed by atoms with Crippen molar-refractivity contribution < 1.29 is 18.9 Å². The summed E-state index contributed by atoms with van der Waals surface area (Å²) in [5, 5.41) is 6.49. The number of hydrogen-bond donors (Lipinski definition) is 2. The quantitative estimate of drug-likeness (QED) is 0.184. The molecule has 0 radical (unpaired) electrons. The average Bonchev–Trinajstić information content (AvgIpc) is 2.61. The number of halogens is 1. The number of nitrogens with zero attached hydrogens (tertiary/aromatic N) is 1. The van der Waals surface area contributed by atoms with E-state index in [9.17, 15) is 0 Å². The van der Waals surface area contributed by atoms with Crippen molar-refractivity contribution >= 4 is 29.9 Å². The van der Waals surface area contributed by atoms with Crippen LogP contribution in [0.2, 0.25) is 0 Å². The Bertz CT molecular complexity index is 316. The first-order valence-corrected chi connectivity index (χ1v) is 9.11. The molecule has 0 saturated carbocycles. The number of methoxy groups -OCH3 is 1. The van der Waals surface area contributed by atoms with E-state index in [0.717, 1.165) is 71.3 Å². The normalized spacial score (nSPS) is 15.7. The molecule has 8 heteroatoms. The molecule has 0 amide bonds. The molecule has 0 aromatic carbocycles. The number of nitrogens with one attached hydrogen (secondary N) is 2. The highest BCUT2D eigenvalue weighted by atomic mass is 127. The number of ether oxygens (including phenoxy) is 4. The SMILES string of the molecule is CCNC(=NCCCOCC1CCOCC1)NCCOCCOC.I. The second-order valence-corrected chi connectivity index (χ2v) is 5.78. The first kappa shape index (κ1) is 24.8. The Morgan fingerprint density at radius 1 is 1.08 bits per heavy atom. The summed E-state index contributed by atoms with van der Waals surface area (Å²) in [6.07, 6.45) is 3.18. The van der Waals surface area contributed by atoms with Crippen molar-refractivity contribution in [1.82, 2.24) is 10.6 Å². The van der Waals surface area contributed by atoms with Gasteiger partial charge >= 0.3 is 0 Å². The third kappa shape index (κ3) is 14.7. The molecule has 25 heavy (non-hydrogen) atoms. The fourth-order valence-electron chi connectivity index (χ4n) is 2.35. The lowest BCUT2D eigenvalue weighted by atomic mass is 10.0. The molecule has 0 unspecified atom stereocenters. The largest absolute Gasteiger partial charge is 0.382 e. The second-order valence-electron chi connectivity index (χ2n) is 5.78. The third-order valence-corrected chi connectivity index (χ3v) is 3.73. The van der Waals surface area contributed by atoms with Crippen molar-refractivity contribution in [2.75, 3.05) is 73.0 Å². The van der Waals surface area contributed by atoms with Crippen LogP contribution in [0.15, 0.2) is 4.99 Å². The van der Waals surface area contributed by atoms with Gasteiger partial charge in [0.05, 0.1) is 19.8 Å². The Morgan fingerprint density at radius 3 is 2.60 bits per heavy atom. The van der Waals surface area contributed by atoms with Crippen LogP contribution in [0.5, 0.6) is 0 Å². The summed E-state index contributed by atoms with van der Waals surface area (Å²) in [7, 11) is 1.67. The summed E-state index contributed by atoms with van der Waals surface area (Å²) in [6.45, 7) is 9.66. The van der Waals surface area contributed by atoms with Gasteiger partial charge in [-0.25, -0.2) is 0 Å². The molecule has 0 aliphatic carbocycles. The molecule has 0 atom stereocenters. The van der Waals surface area contributed by atoms with Crippen LogP contribution in [0, 0.1) is 5.92 Å². The van der Waals surface area contributed by atoms with E-state index < -0.39 is 0 Å². The van der Waals surface area contributed by atoms with Gasteiger partial charge in [-0.2, -0.15) is 0 Å². The van der Waals surface area contributed by atoms with E-state index in [1.165, 1.54) is 0 Å². The summed E-state index contributed by atoms with van der Waals surface area (Å²) in [4.78, 5) is 4.55. The van der Waals surface area contributed by atoms with E-state index in [2.05, 4.69) is 22.5 Å². The van der Waals surface area contributed by atoms with Crippen LogP contribution in [0.3, 0.4) is 0 Å². The number of aliphatic imine (C=N–C) groups is 1. The number of hydrogen-bond acceptors (Lipinski definition) is 5. The summed E-state index contributed by atoms with van der Waals surface area (Å²) >= 11 is 0. The number of rotatable bonds is 13. The van der Waals surface area contributed by atoms with Crippen LogP contribution in [0.4, 0.5) is 0 Å². The molecule has 1 aliphatic rings. The fraction of sp³-hybridized carbons (Fsp3) is 0.941. The monoisotopic (exact) mass is 473 g/mol. The zero-order chi connectivity index (χ0) is 17.3. The predicted octanol–water partition coefficient (Wildman–Crippen LogP) is 1.66. The molecule has 1 saturated heterocycles. The highest BCUT2D eigenvalue weighted by molar-refractivity contribution is 14.0. The molecule has 0 aromatic rings. The van der Waals surface area contributed by atoms with E-state index in [-0.39, 0.29) is 24.0 Å². The molecule has 2 N–H and O–H groups in total. The zero-order valence-electron chi connectivity index (χ0n) is 15.8. The molecule has 0 aromatic heterocycles. The highest BCUT2D eigenvalue weighted by Gasteiger charge is 2.13. The lowest BCUT2D eigenvalue weighted by Gasteiger charge is -2.21. The van der Waals surface area contributed by atoms with Gasteiger partial charge in [0.25, 0.3) is 0 Å². The van der Waals surface area contributed by atoms with Gasteiger partial charge in [0.2, 0.25) is 0 Å². The lowest BCUT2D eigenvalue weighted by Crippen LogP contribution is -2.39. The summed E-state index contributed by atoms with van der Waals surface area (Å²) in [5.41, 5.74) is 0. The van der Waals surface area contributed by atoms with Gasteiger partial charge in [0.1, 0.15) is 0 Å². The van der Waals surface area contributed by atoms with Crippen LogP contribution in [-0.2, 0) is 18.9 Å². The average molecular weight is 473 g/mol. The van der Waals surface area contributed by atoms with E-state index in [1.807, 2.05) is 0 Å². The maximum Gasteiger partial charge on any atom is 0.191 e. The Kier molecular flexibility index (Phi) is 18.5. The maximum atomic E-state index is 5.75. The van der Waals surface area contributed by atoms with Gasteiger partial charge in [-0.15, -0.1) is 24.0 Å². The smallest absolute Gasteiger partial charge is 0.191 e. The molecule has 1 rings (SSSR count). The van der Waals surface area contributed by atoms with Gasteiger partial charge in [0, 0.05) is 53.2 Å². The molecule has 7 nitrogen and oxygen atoms in total. The molecule has 0 spiro atoms. The van der Waals surface area contributed by atoms with Gasteiger partial charge in [-0.05, 0) is 32.1 Å². The third-order valence-electron chi connectivity index (χ3n) is 3.73. The van der Waals surface area contributed by atoms with Crippen LogP contribution in [0.1, 0.15) is 26.2 Å². The van der Waals surface area contributed by atoms with Crippen LogP contribution in [0.25, 0.3) is 0 Å². The van der Waals surface area contributed by atoms with E-state index in [0.29, 0.717) is 25.7 Å². The highest BCUT2D eigenvalue weighted by Crippen LogP contribution is 2.14. The van der Waals surface area contributed by atoms with Crippen LogP contribution in [-0.4, -0.2) is 79.0 Å². The van der Waals surface area contributed by atoms with Crippen molar-refractivity contribution in [3.05, 3.63) is 0 Å². The Morgan fingerprint density at radius 2 is 1.88 bits per heavy atom. The van der Waals surface area contributed by atoms with Crippen molar-refractivity contribution in [3.8, 4) is 0 Å². The standard InChI is InChI=1S/C17H35N3O4.HI/c1-3-18-17(20-8-12-23-14-13-21-2)19-7-4-9-24-15-16-5-10-22-11-6-16;/h16H,3-15H2,1-2H3,(H2,18,19,20);1H. The van der Waals surface area contributed by atoms with Gasteiger partial charge in [0.15, 0.2) is 5.96 Å². The Balaban J connectivity index is 0.00000576. The lowest BCUT2D eigenvalue weighted by molar-refractivity contribution is 0.0205. The van der Waals surface area contributed by atoms with E-state index in [1.54, 1.807) is 7.11 Å². The second kappa shape index (κ2) is 18.6. The zero-order valence-corrected chi connectivity index (χ0v) is 18.1. The van der Waals surface area contributed by atoms with Crippen molar-refractivity contribution in [3.63, 3.8) is 0 Å². The molecule has 1 heterocycles. The summed E-state index contributed by atoms with van der Waals surface area (Å²) in [6, 6.07) is 0. The first-order valence-electron chi connectivity index (χ1n) is 9.11. The topological polar surface area (TPSA) is 73.3 Å². The van der Waals surface area contributed by atoms with Gasteiger partial charge in [-0.1, -0.05) is 0 Å². The molecular formula is C17H36IN3O4. The van der Waals surface area contributed by atoms with Crippen LogP contribution >= 0.6 is 24.0 Å². The van der Waals surface area contributed by atoms with Crippen molar-refractivity contribution in [1.29, 1.82) is 0 Å². The van der Waals surface area contributed by atoms with Gasteiger partial charge in [-0.3, -0.25) is 4.99 Å². The van der Waals surface area contributed by atoms with Crippen molar-refractivity contribution in [2.45, 2.75) is 26.2 Å². The minimum atomic E-state index is 0. The summed E-state index contributed by atoms with van der Waals surface area (Å²) < 4.78 is 21.5. The minimum Gasteiger partial charge on any atom is -0.382 e. The minimum absolute atomic E-state index is 0. The van der Waals surface area contributed by atoms with E-state index >= 15 is 0 Å². The van der Waals surface area contributed by atoms with E-state index in [4.69, 9.17) is 18.9 Å². The van der Waals surface area contributed by atoms with Crippen LogP contribution < -0.4 is 10.6 Å². The Hall–Kier alpha value is -0.160. The summed E-state index contributed by atoms with van der Waals surface area (Å²) in [5.74, 6) is 1.50. The molecule has 0 bridgehead atoms. The van der Waals surface area contributed by atoms with Crippen molar-refractivity contribution in [2.24, 2.45) is 10.9 Å². The molecule has 150 valence electrons. The fourth-order valence-corrected chi connectivity index (χ4v) is 2.35. The molecular weight excluding hydrogens is 437 g/mol. The number of guanidine groups is 1. The Labute approximate surface area is 169 Å². The van der Waals surface area contributed by atoms with Gasteiger partial charge < -0.3 is 29.6 Å². The maximum absolute atomic E-state index is 5.75. The molecule has 1 fully saturated rings.